The van der Waals surface area contributed by atoms with E-state index in [2.05, 4.69) is 5.32 Å². The van der Waals surface area contributed by atoms with Gasteiger partial charge in [-0.1, -0.05) is 25.1 Å². The average Bonchev–Trinajstić information content (AvgIpc) is 2.31. The summed E-state index contributed by atoms with van der Waals surface area (Å²) < 4.78 is 0. The molecule has 0 aromatic heterocycles. The van der Waals surface area contributed by atoms with E-state index in [1.54, 1.807) is 0 Å². The number of rotatable bonds is 3. The number of nitrogens with one attached hydrogen (secondary N) is 2. The van der Waals surface area contributed by atoms with E-state index in [1.807, 2.05) is 39.0 Å². The molecular formula is C13H20N4O. The van der Waals surface area contributed by atoms with E-state index in [4.69, 9.17) is 11.1 Å². The van der Waals surface area contributed by atoms with E-state index < -0.39 is 0 Å². The summed E-state index contributed by atoms with van der Waals surface area (Å²) in [4.78, 5) is 13.2. The second-order valence-corrected chi connectivity index (χ2v) is 3.99. The first-order chi connectivity index (χ1) is 8.52. The molecule has 98 valence electrons. The lowest BCUT2D eigenvalue weighted by atomic mass is 10.0. The van der Waals surface area contributed by atoms with Gasteiger partial charge in [0.1, 0.15) is 0 Å². The third-order valence-corrected chi connectivity index (χ3v) is 2.70. The third-order valence-electron chi connectivity index (χ3n) is 2.70. The highest BCUT2D eigenvalue weighted by molar-refractivity contribution is 6.14. The number of nitrogens with two attached hydrogens (primary N) is 1. The van der Waals surface area contributed by atoms with Crippen LogP contribution < -0.4 is 16.0 Å². The lowest BCUT2D eigenvalue weighted by Gasteiger charge is -2.25. The molecule has 0 bridgehead atoms. The van der Waals surface area contributed by atoms with Gasteiger partial charge in [0.2, 0.25) is 5.96 Å². The molecule has 0 radical (unpaired) electrons. The first-order valence-electron chi connectivity index (χ1n) is 6.03. The van der Waals surface area contributed by atoms with Crippen LogP contribution in [-0.4, -0.2) is 18.5 Å². The van der Waals surface area contributed by atoms with Crippen LogP contribution in [0.2, 0.25) is 0 Å². The van der Waals surface area contributed by atoms with Crippen molar-refractivity contribution in [2.45, 2.75) is 27.2 Å². The molecule has 5 heteroatoms. The molecule has 0 spiro atoms. The Balaban J connectivity index is 3.29. The number of guanidine groups is 1. The quantitative estimate of drug-likeness (QED) is 0.564. The third kappa shape index (κ3) is 2.80. The first-order valence-corrected chi connectivity index (χ1v) is 6.03. The standard InChI is InChI=1S/C13H20N4O/c1-4-10-8-6-7-9(3)11(10)17(12(14)15)13(18)16-5-2/h6-8H,4-5H2,1-3H3,(H3,14,15)(H,16,18). The predicted octanol–water partition coefficient (Wildman–Crippen LogP) is 1.99. The number of hydrogen-bond donors (Lipinski definition) is 3. The van der Waals surface area contributed by atoms with E-state index >= 15 is 0 Å². The Hall–Kier alpha value is -2.04. The van der Waals surface area contributed by atoms with Crippen molar-refractivity contribution < 1.29 is 4.79 Å². The minimum atomic E-state index is -0.367. The zero-order valence-corrected chi connectivity index (χ0v) is 11.1. The number of urea groups is 1. The van der Waals surface area contributed by atoms with E-state index in [0.717, 1.165) is 17.5 Å². The zero-order valence-electron chi connectivity index (χ0n) is 11.1. The monoisotopic (exact) mass is 248 g/mol. The molecule has 0 aliphatic rings. The Labute approximate surface area is 107 Å². The van der Waals surface area contributed by atoms with Crippen LogP contribution in [0.4, 0.5) is 10.5 Å². The predicted molar refractivity (Wildman–Crippen MR) is 74.0 cm³/mol. The maximum Gasteiger partial charge on any atom is 0.328 e. The van der Waals surface area contributed by atoms with Crippen molar-refractivity contribution in [2.75, 3.05) is 11.4 Å². The fourth-order valence-electron chi connectivity index (χ4n) is 1.89. The van der Waals surface area contributed by atoms with E-state index in [-0.39, 0.29) is 12.0 Å². The van der Waals surface area contributed by atoms with Crippen molar-refractivity contribution in [3.8, 4) is 0 Å². The molecule has 0 aliphatic heterocycles. The van der Waals surface area contributed by atoms with Gasteiger partial charge in [-0.2, -0.15) is 0 Å². The number of anilines is 1. The Morgan fingerprint density at radius 1 is 1.44 bits per heavy atom. The molecule has 0 fully saturated rings. The minimum absolute atomic E-state index is 0.273. The van der Waals surface area contributed by atoms with Crippen molar-refractivity contribution in [2.24, 2.45) is 5.73 Å². The minimum Gasteiger partial charge on any atom is -0.369 e. The van der Waals surface area contributed by atoms with Gasteiger partial charge in [0, 0.05) is 6.54 Å². The van der Waals surface area contributed by atoms with Crippen LogP contribution in [0.15, 0.2) is 18.2 Å². The van der Waals surface area contributed by atoms with Crippen LogP contribution in [0.1, 0.15) is 25.0 Å². The maximum absolute atomic E-state index is 12.0. The van der Waals surface area contributed by atoms with Gasteiger partial charge < -0.3 is 11.1 Å². The highest BCUT2D eigenvalue weighted by atomic mass is 16.2. The zero-order chi connectivity index (χ0) is 13.7. The number of hydrogen-bond acceptors (Lipinski definition) is 2. The van der Waals surface area contributed by atoms with Crippen LogP contribution in [0.3, 0.4) is 0 Å². The number of aryl methyl sites for hydroxylation is 2. The highest BCUT2D eigenvalue weighted by Crippen LogP contribution is 2.25. The summed E-state index contributed by atoms with van der Waals surface area (Å²) in [5, 5.41) is 10.3. The molecule has 0 aliphatic carbocycles. The molecule has 2 amide bonds. The Bertz CT molecular complexity index is 456. The topological polar surface area (TPSA) is 82.2 Å². The molecule has 1 aromatic carbocycles. The van der Waals surface area contributed by atoms with Gasteiger partial charge in [0.15, 0.2) is 0 Å². The summed E-state index contributed by atoms with van der Waals surface area (Å²) in [6.45, 7) is 6.24. The summed E-state index contributed by atoms with van der Waals surface area (Å²) in [5.74, 6) is -0.273. The number of nitrogens with zero attached hydrogens (tertiary/aromatic N) is 1. The second kappa shape index (κ2) is 6.05. The van der Waals surface area contributed by atoms with Gasteiger partial charge in [-0.25, -0.2) is 9.69 Å². The lowest BCUT2D eigenvalue weighted by molar-refractivity contribution is 0.249. The molecule has 18 heavy (non-hydrogen) atoms. The van der Waals surface area contributed by atoms with Crippen molar-refractivity contribution in [3.63, 3.8) is 0 Å². The summed E-state index contributed by atoms with van der Waals surface area (Å²) in [6.07, 6.45) is 0.778. The van der Waals surface area contributed by atoms with Gasteiger partial charge in [0.05, 0.1) is 5.69 Å². The summed E-state index contributed by atoms with van der Waals surface area (Å²) in [7, 11) is 0. The second-order valence-electron chi connectivity index (χ2n) is 3.99. The van der Waals surface area contributed by atoms with Crippen LogP contribution in [0.25, 0.3) is 0 Å². The van der Waals surface area contributed by atoms with Crippen molar-refractivity contribution in [1.29, 1.82) is 5.41 Å². The molecule has 0 saturated heterocycles. The molecule has 1 aromatic rings. The Morgan fingerprint density at radius 2 is 2.11 bits per heavy atom. The number of carbonyl (C=O) groups excluding carboxylic acids is 1. The molecular weight excluding hydrogens is 228 g/mol. The smallest absolute Gasteiger partial charge is 0.328 e. The highest BCUT2D eigenvalue weighted by Gasteiger charge is 2.22. The largest absolute Gasteiger partial charge is 0.369 e. The maximum atomic E-state index is 12.0. The summed E-state index contributed by atoms with van der Waals surface area (Å²) >= 11 is 0. The molecule has 0 atom stereocenters. The first kappa shape index (κ1) is 14.0. The summed E-state index contributed by atoms with van der Waals surface area (Å²) in [6, 6.07) is 5.42. The van der Waals surface area contributed by atoms with Gasteiger partial charge >= 0.3 is 6.03 Å². The number of para-hydroxylation sites is 1. The van der Waals surface area contributed by atoms with Crippen molar-refractivity contribution in [1.82, 2.24) is 5.32 Å². The van der Waals surface area contributed by atoms with Gasteiger partial charge in [0.25, 0.3) is 0 Å². The van der Waals surface area contributed by atoms with Crippen LogP contribution in [0, 0.1) is 12.3 Å². The van der Waals surface area contributed by atoms with E-state index in [9.17, 15) is 4.79 Å². The molecule has 1 rings (SSSR count). The number of carbonyl (C=O) groups is 1. The molecule has 0 saturated carbocycles. The van der Waals surface area contributed by atoms with Gasteiger partial charge in [-0.15, -0.1) is 0 Å². The van der Waals surface area contributed by atoms with Crippen molar-refractivity contribution in [3.05, 3.63) is 29.3 Å². The normalized spacial score (nSPS) is 9.94. The van der Waals surface area contributed by atoms with E-state index in [0.29, 0.717) is 12.2 Å². The fourth-order valence-corrected chi connectivity index (χ4v) is 1.89. The van der Waals surface area contributed by atoms with Crippen molar-refractivity contribution >= 4 is 17.7 Å². The molecule has 5 nitrogen and oxygen atoms in total. The lowest BCUT2D eigenvalue weighted by Crippen LogP contribution is -2.47. The number of benzene rings is 1. The average molecular weight is 248 g/mol. The Morgan fingerprint density at radius 3 is 2.61 bits per heavy atom. The molecule has 4 N–H and O–H groups in total. The van der Waals surface area contributed by atoms with Crippen LogP contribution in [-0.2, 0) is 6.42 Å². The van der Waals surface area contributed by atoms with Gasteiger partial charge in [-0.05, 0) is 31.4 Å². The van der Waals surface area contributed by atoms with Gasteiger partial charge in [-0.3, -0.25) is 5.41 Å². The molecule has 0 heterocycles. The fraction of sp³-hybridized carbons (Fsp3) is 0.385. The summed E-state index contributed by atoms with van der Waals surface area (Å²) in [5.41, 5.74) is 8.17. The SMILES string of the molecule is CCNC(=O)N(C(=N)N)c1c(C)cccc1CC. The number of amides is 2. The van der Waals surface area contributed by atoms with E-state index in [1.165, 1.54) is 4.90 Å². The van der Waals surface area contributed by atoms with Crippen LogP contribution >= 0.6 is 0 Å². The Kier molecular flexibility index (Phi) is 4.71. The molecule has 0 unspecified atom stereocenters. The van der Waals surface area contributed by atoms with Crippen LogP contribution in [0.5, 0.6) is 0 Å².